The molecule has 42 heavy (non-hydrogen) atoms. The Hall–Kier alpha value is -4.44. The molecule has 3 aromatic carbocycles. The third-order valence-electron chi connectivity index (χ3n) is 5.77. The van der Waals surface area contributed by atoms with Crippen LogP contribution >= 0.6 is 0 Å². The molecule has 0 bridgehead atoms. The van der Waals surface area contributed by atoms with Gasteiger partial charge in [0.05, 0.1) is 41.2 Å². The second-order valence-corrected chi connectivity index (χ2v) is 8.92. The average molecular weight is 583 g/mol. The molecule has 0 aliphatic heterocycles. The molecule has 0 heterocycles. The highest BCUT2D eigenvalue weighted by atomic mass is 16.5. The van der Waals surface area contributed by atoms with Crippen LogP contribution in [-0.2, 0) is 0 Å². The van der Waals surface area contributed by atoms with E-state index in [9.17, 15) is 15.3 Å². The number of methoxy groups -OCH3 is 3. The van der Waals surface area contributed by atoms with Gasteiger partial charge in [0.1, 0.15) is 5.75 Å². The molecule has 0 unspecified atom stereocenters. The Bertz CT molecular complexity index is 1310. The van der Waals surface area contributed by atoms with Crippen molar-refractivity contribution in [2.24, 2.45) is 0 Å². The molecular weight excluding hydrogens is 540 g/mol. The standard InChI is InChI=1S/C11H14O4.C11H14O3.C11H14O2/c1-14-9-6-8(4-3-5-12)7-10(15-2)11(9)13;1-8-6-9(4-3-5-12)7-10(14-2)11(8)13;1-8-6-10(4-3-5-12)7-9(2)11(8)13/h3-4,6-7,12-13H,5H2,1-2H3;3-4,6-7,12-13H,5H2,1-2H3;3-4,6-7,12-13H,5H2,1-2H3/b3*4-3+. The average Bonchev–Trinajstić information content (AvgIpc) is 2.99. The Balaban J connectivity index is 0.000000316. The highest BCUT2D eigenvalue weighted by Crippen LogP contribution is 2.37. The van der Waals surface area contributed by atoms with Crippen LogP contribution in [0, 0.1) is 20.8 Å². The van der Waals surface area contributed by atoms with Crippen LogP contribution in [0.2, 0.25) is 0 Å². The zero-order chi connectivity index (χ0) is 31.7. The Morgan fingerprint density at radius 1 is 0.476 bits per heavy atom. The number of benzene rings is 3. The molecule has 0 spiro atoms. The zero-order valence-electron chi connectivity index (χ0n) is 25.0. The molecule has 0 atom stereocenters. The van der Waals surface area contributed by atoms with Crippen molar-refractivity contribution in [3.63, 3.8) is 0 Å². The molecule has 0 aliphatic carbocycles. The van der Waals surface area contributed by atoms with Gasteiger partial charge in [0, 0.05) is 0 Å². The molecule has 9 nitrogen and oxygen atoms in total. The van der Waals surface area contributed by atoms with Crippen LogP contribution in [0.15, 0.2) is 54.6 Å². The lowest BCUT2D eigenvalue weighted by molar-refractivity contribution is 0.339. The summed E-state index contributed by atoms with van der Waals surface area (Å²) in [5, 5.41) is 54.5. The molecule has 9 heteroatoms. The molecule has 0 saturated carbocycles. The maximum atomic E-state index is 9.62. The number of hydrogen-bond donors (Lipinski definition) is 6. The summed E-state index contributed by atoms with van der Waals surface area (Å²) in [7, 11) is 4.44. The van der Waals surface area contributed by atoms with Crippen LogP contribution in [0.1, 0.15) is 33.4 Å². The maximum Gasteiger partial charge on any atom is 0.200 e. The van der Waals surface area contributed by atoms with Gasteiger partial charge in [0.2, 0.25) is 5.75 Å². The zero-order valence-corrected chi connectivity index (χ0v) is 25.0. The predicted octanol–water partition coefficient (Wildman–Crippen LogP) is 5.14. The SMILES string of the molecule is COc1cc(/C=C/CO)cc(C)c1O.COc1cc(/C=C/CO)cc(OC)c1O.Cc1cc(/C=C/CO)cc(C)c1O. The van der Waals surface area contributed by atoms with Crippen molar-refractivity contribution in [3.05, 3.63) is 88.0 Å². The summed E-state index contributed by atoms with van der Waals surface area (Å²) in [4.78, 5) is 0. The highest BCUT2D eigenvalue weighted by Gasteiger charge is 2.09. The minimum absolute atomic E-state index is 0.00222. The number of aliphatic hydroxyl groups is 3. The maximum absolute atomic E-state index is 9.62. The first-order valence-corrected chi connectivity index (χ1v) is 13.0. The first-order valence-electron chi connectivity index (χ1n) is 13.0. The summed E-state index contributed by atoms with van der Waals surface area (Å²) in [6.45, 7) is 5.53. The number of aromatic hydroxyl groups is 3. The van der Waals surface area contributed by atoms with Gasteiger partial charge in [-0.05, 0) is 90.6 Å². The van der Waals surface area contributed by atoms with E-state index < -0.39 is 0 Å². The van der Waals surface area contributed by atoms with Crippen LogP contribution in [0.4, 0.5) is 0 Å². The lowest BCUT2D eigenvalue weighted by Gasteiger charge is -2.09. The fourth-order valence-electron chi connectivity index (χ4n) is 3.69. The van der Waals surface area contributed by atoms with Gasteiger partial charge < -0.3 is 44.8 Å². The number of rotatable bonds is 9. The summed E-state index contributed by atoms with van der Waals surface area (Å²) in [6, 6.07) is 10.6. The molecule has 0 radical (unpaired) electrons. The molecule has 0 fully saturated rings. The minimum atomic E-state index is -0.0362. The quantitative estimate of drug-likeness (QED) is 0.202. The van der Waals surface area contributed by atoms with E-state index in [0.29, 0.717) is 23.0 Å². The van der Waals surface area contributed by atoms with Crippen molar-refractivity contribution < 1.29 is 44.8 Å². The van der Waals surface area contributed by atoms with Crippen molar-refractivity contribution >= 4 is 18.2 Å². The molecular formula is C33H42O9. The molecule has 228 valence electrons. The second kappa shape index (κ2) is 18.8. The Kier molecular flexibility index (Phi) is 15.9. The summed E-state index contributed by atoms with van der Waals surface area (Å²) < 4.78 is 15.0. The molecule has 0 aromatic heterocycles. The smallest absolute Gasteiger partial charge is 0.200 e. The van der Waals surface area contributed by atoms with E-state index in [1.165, 1.54) is 21.3 Å². The van der Waals surface area contributed by atoms with Crippen LogP contribution in [0.5, 0.6) is 34.5 Å². The summed E-state index contributed by atoms with van der Waals surface area (Å²) in [6.07, 6.45) is 10.2. The Morgan fingerprint density at radius 3 is 1.10 bits per heavy atom. The summed E-state index contributed by atoms with van der Waals surface area (Å²) in [5.41, 5.74) is 5.15. The number of phenolic OH excluding ortho intramolecular Hbond substituents is 3. The van der Waals surface area contributed by atoms with E-state index >= 15 is 0 Å². The molecule has 0 saturated heterocycles. The number of hydrogen-bond acceptors (Lipinski definition) is 9. The fraction of sp³-hybridized carbons (Fsp3) is 0.273. The molecule has 6 N–H and O–H groups in total. The van der Waals surface area contributed by atoms with Crippen molar-refractivity contribution in [1.82, 2.24) is 0 Å². The lowest BCUT2D eigenvalue weighted by atomic mass is 10.1. The topological polar surface area (TPSA) is 149 Å². The summed E-state index contributed by atoms with van der Waals surface area (Å²) >= 11 is 0. The van der Waals surface area contributed by atoms with E-state index in [2.05, 4.69) is 0 Å². The number of aliphatic hydroxyl groups excluding tert-OH is 3. The number of phenols is 3. The van der Waals surface area contributed by atoms with Crippen molar-refractivity contribution in [2.75, 3.05) is 41.2 Å². The van der Waals surface area contributed by atoms with Gasteiger partial charge >= 0.3 is 0 Å². The van der Waals surface area contributed by atoms with Gasteiger partial charge in [0.15, 0.2) is 23.0 Å². The molecule has 3 rings (SSSR count). The third kappa shape index (κ3) is 11.2. The van der Waals surface area contributed by atoms with E-state index in [1.54, 1.807) is 55.5 Å². The van der Waals surface area contributed by atoms with E-state index in [4.69, 9.17) is 29.5 Å². The largest absolute Gasteiger partial charge is 0.507 e. The first kappa shape index (κ1) is 35.6. The number of aryl methyl sites for hydroxylation is 3. The highest BCUT2D eigenvalue weighted by molar-refractivity contribution is 5.62. The Labute approximate surface area is 247 Å². The monoisotopic (exact) mass is 582 g/mol. The van der Waals surface area contributed by atoms with Gasteiger partial charge in [-0.1, -0.05) is 36.5 Å². The van der Waals surface area contributed by atoms with Crippen LogP contribution in [0.25, 0.3) is 18.2 Å². The van der Waals surface area contributed by atoms with Gasteiger partial charge in [-0.2, -0.15) is 0 Å². The van der Waals surface area contributed by atoms with Gasteiger partial charge in [0.25, 0.3) is 0 Å². The van der Waals surface area contributed by atoms with Crippen LogP contribution in [-0.4, -0.2) is 71.8 Å². The predicted molar refractivity (Wildman–Crippen MR) is 167 cm³/mol. The molecule has 3 aromatic rings. The summed E-state index contributed by atoms with van der Waals surface area (Å²) in [5.74, 6) is 1.61. The normalized spacial score (nSPS) is 10.8. The minimum Gasteiger partial charge on any atom is -0.507 e. The van der Waals surface area contributed by atoms with Crippen LogP contribution in [0.3, 0.4) is 0 Å². The third-order valence-corrected chi connectivity index (χ3v) is 5.77. The van der Waals surface area contributed by atoms with Crippen molar-refractivity contribution in [3.8, 4) is 34.5 Å². The first-order chi connectivity index (χ1) is 20.1. The van der Waals surface area contributed by atoms with Crippen molar-refractivity contribution in [2.45, 2.75) is 20.8 Å². The number of ether oxygens (including phenoxy) is 3. The van der Waals surface area contributed by atoms with Gasteiger partial charge in [-0.25, -0.2) is 0 Å². The van der Waals surface area contributed by atoms with E-state index in [1.807, 2.05) is 38.1 Å². The van der Waals surface area contributed by atoms with Gasteiger partial charge in [-0.3, -0.25) is 0 Å². The second-order valence-electron chi connectivity index (χ2n) is 8.92. The fourth-order valence-corrected chi connectivity index (χ4v) is 3.69. The molecule has 0 amide bonds. The lowest BCUT2D eigenvalue weighted by Crippen LogP contribution is -1.90. The van der Waals surface area contributed by atoms with E-state index in [0.717, 1.165) is 33.4 Å². The molecule has 0 aliphatic rings. The van der Waals surface area contributed by atoms with Crippen molar-refractivity contribution in [1.29, 1.82) is 0 Å². The van der Waals surface area contributed by atoms with Gasteiger partial charge in [-0.15, -0.1) is 0 Å². The Morgan fingerprint density at radius 2 is 0.762 bits per heavy atom. The van der Waals surface area contributed by atoms with E-state index in [-0.39, 0.29) is 31.3 Å². The van der Waals surface area contributed by atoms with Crippen LogP contribution < -0.4 is 14.2 Å².